The summed E-state index contributed by atoms with van der Waals surface area (Å²) in [5.74, 6) is 1.80. The third kappa shape index (κ3) is 3.83. The quantitative estimate of drug-likeness (QED) is 0.784. The van der Waals surface area contributed by atoms with Crippen LogP contribution in [0, 0.1) is 0 Å². The molecule has 0 atom stereocenters. The van der Waals surface area contributed by atoms with E-state index in [0.29, 0.717) is 0 Å². The van der Waals surface area contributed by atoms with Gasteiger partial charge in [0.1, 0.15) is 5.82 Å². The van der Waals surface area contributed by atoms with Crippen LogP contribution in [0.1, 0.15) is 32.3 Å². The molecule has 0 aromatic carbocycles. The highest BCUT2D eigenvalue weighted by Gasteiger charge is 2.11. The standard InChI is InChI=1S/C9H16N2OS/c1-9(2,3)13-6-8-10-4-7(5-12)11-8/h4,12H,5-6H2,1-3H3,(H,10,11). The number of thioether (sulfide) groups is 1. The summed E-state index contributed by atoms with van der Waals surface area (Å²) in [6.45, 7) is 6.56. The van der Waals surface area contributed by atoms with Crippen LogP contribution in [0.15, 0.2) is 6.20 Å². The van der Waals surface area contributed by atoms with Crippen LogP contribution in [0.5, 0.6) is 0 Å². The molecule has 2 N–H and O–H groups in total. The van der Waals surface area contributed by atoms with Gasteiger partial charge in [-0.2, -0.15) is 0 Å². The van der Waals surface area contributed by atoms with E-state index in [0.717, 1.165) is 17.3 Å². The van der Waals surface area contributed by atoms with E-state index in [-0.39, 0.29) is 11.4 Å². The van der Waals surface area contributed by atoms with E-state index >= 15 is 0 Å². The average Bonchev–Trinajstić information content (AvgIpc) is 2.47. The van der Waals surface area contributed by atoms with Gasteiger partial charge < -0.3 is 10.1 Å². The van der Waals surface area contributed by atoms with Crippen LogP contribution in [0.2, 0.25) is 0 Å². The molecule has 74 valence electrons. The summed E-state index contributed by atoms with van der Waals surface area (Å²) >= 11 is 1.84. The minimum absolute atomic E-state index is 0.0349. The van der Waals surface area contributed by atoms with E-state index in [9.17, 15) is 0 Å². The first-order valence-corrected chi connectivity index (χ1v) is 5.27. The Kier molecular flexibility index (Phi) is 3.39. The third-order valence-corrected chi connectivity index (χ3v) is 2.78. The summed E-state index contributed by atoms with van der Waals surface area (Å²) < 4.78 is 0.256. The van der Waals surface area contributed by atoms with Crippen LogP contribution in [0.25, 0.3) is 0 Å². The smallest absolute Gasteiger partial charge is 0.116 e. The average molecular weight is 200 g/mol. The number of hydrogen-bond acceptors (Lipinski definition) is 3. The second-order valence-corrected chi connectivity index (χ2v) is 5.72. The first kappa shape index (κ1) is 10.6. The number of aliphatic hydroxyl groups is 1. The van der Waals surface area contributed by atoms with Crippen molar-refractivity contribution in [2.75, 3.05) is 0 Å². The number of aromatic nitrogens is 2. The van der Waals surface area contributed by atoms with E-state index in [1.165, 1.54) is 0 Å². The van der Waals surface area contributed by atoms with Crippen molar-refractivity contribution in [2.24, 2.45) is 0 Å². The Bertz CT molecular complexity index is 265. The van der Waals surface area contributed by atoms with Gasteiger partial charge in [0.05, 0.1) is 24.3 Å². The molecule has 0 aliphatic carbocycles. The van der Waals surface area contributed by atoms with Gasteiger partial charge in [0.2, 0.25) is 0 Å². The molecule has 1 aromatic heterocycles. The van der Waals surface area contributed by atoms with Crippen LogP contribution in [-0.2, 0) is 12.4 Å². The number of aromatic amines is 1. The zero-order chi connectivity index (χ0) is 9.90. The lowest BCUT2D eigenvalue weighted by molar-refractivity contribution is 0.277. The van der Waals surface area contributed by atoms with Crippen LogP contribution >= 0.6 is 11.8 Å². The number of H-pyrrole nitrogens is 1. The van der Waals surface area contributed by atoms with Crippen molar-refractivity contribution in [1.82, 2.24) is 9.97 Å². The largest absolute Gasteiger partial charge is 0.390 e. The monoisotopic (exact) mass is 200 g/mol. The SMILES string of the molecule is CC(C)(C)SCc1ncc(CO)[nH]1. The summed E-state index contributed by atoms with van der Waals surface area (Å²) in [7, 11) is 0. The van der Waals surface area contributed by atoms with Crippen LogP contribution in [0.4, 0.5) is 0 Å². The first-order valence-electron chi connectivity index (χ1n) is 4.29. The molecule has 0 spiro atoms. The molecule has 1 heterocycles. The molecule has 0 unspecified atom stereocenters. The Labute approximate surface area is 83.0 Å². The lowest BCUT2D eigenvalue weighted by atomic mass is 10.3. The van der Waals surface area contributed by atoms with Gasteiger partial charge in [0.25, 0.3) is 0 Å². The summed E-state index contributed by atoms with van der Waals surface area (Å²) in [6.07, 6.45) is 1.68. The maximum Gasteiger partial charge on any atom is 0.116 e. The Hall–Kier alpha value is -0.480. The Morgan fingerprint density at radius 2 is 2.23 bits per heavy atom. The lowest BCUT2D eigenvalue weighted by Crippen LogP contribution is -2.07. The van der Waals surface area contributed by atoms with E-state index in [4.69, 9.17) is 5.11 Å². The Morgan fingerprint density at radius 1 is 1.54 bits per heavy atom. The highest BCUT2D eigenvalue weighted by molar-refractivity contribution is 7.99. The number of nitrogens with one attached hydrogen (secondary N) is 1. The first-order chi connectivity index (χ1) is 6.01. The highest BCUT2D eigenvalue weighted by Crippen LogP contribution is 2.25. The van der Waals surface area contributed by atoms with Crippen molar-refractivity contribution in [3.8, 4) is 0 Å². The van der Waals surface area contributed by atoms with Crippen LogP contribution in [-0.4, -0.2) is 19.8 Å². The molecule has 0 aliphatic rings. The van der Waals surface area contributed by atoms with Gasteiger partial charge in [-0.3, -0.25) is 0 Å². The molecule has 0 bridgehead atoms. The summed E-state index contributed by atoms with van der Waals surface area (Å²) in [6, 6.07) is 0. The van der Waals surface area contributed by atoms with Crippen molar-refractivity contribution in [2.45, 2.75) is 37.9 Å². The predicted molar refractivity (Wildman–Crippen MR) is 55.6 cm³/mol. The molecular weight excluding hydrogens is 184 g/mol. The van der Waals surface area contributed by atoms with Crippen LogP contribution < -0.4 is 0 Å². The summed E-state index contributed by atoms with van der Waals surface area (Å²) in [4.78, 5) is 7.21. The Balaban J connectivity index is 2.46. The fraction of sp³-hybridized carbons (Fsp3) is 0.667. The molecule has 1 aromatic rings. The molecule has 0 fully saturated rings. The molecule has 3 nitrogen and oxygen atoms in total. The number of rotatable bonds is 3. The van der Waals surface area contributed by atoms with E-state index in [2.05, 4.69) is 30.7 Å². The fourth-order valence-corrected chi connectivity index (χ4v) is 1.56. The fourth-order valence-electron chi connectivity index (χ4n) is 0.844. The zero-order valence-corrected chi connectivity index (χ0v) is 9.11. The van der Waals surface area contributed by atoms with E-state index < -0.39 is 0 Å². The third-order valence-electron chi connectivity index (χ3n) is 1.49. The Morgan fingerprint density at radius 3 is 2.69 bits per heavy atom. The topological polar surface area (TPSA) is 48.9 Å². The van der Waals surface area contributed by atoms with Crippen molar-refractivity contribution >= 4 is 11.8 Å². The van der Waals surface area contributed by atoms with Crippen molar-refractivity contribution in [3.63, 3.8) is 0 Å². The molecule has 1 rings (SSSR count). The maximum absolute atomic E-state index is 8.80. The normalized spacial score (nSPS) is 12.0. The second-order valence-electron chi connectivity index (χ2n) is 3.91. The van der Waals surface area contributed by atoms with Gasteiger partial charge in [-0.05, 0) is 0 Å². The van der Waals surface area contributed by atoms with Gasteiger partial charge in [-0.15, -0.1) is 11.8 Å². The van der Waals surface area contributed by atoms with E-state index in [1.807, 2.05) is 11.8 Å². The van der Waals surface area contributed by atoms with Crippen molar-refractivity contribution in [1.29, 1.82) is 0 Å². The van der Waals surface area contributed by atoms with Gasteiger partial charge in [-0.25, -0.2) is 4.98 Å². The molecule has 0 aliphatic heterocycles. The number of hydrogen-bond donors (Lipinski definition) is 2. The minimum atomic E-state index is 0.0349. The van der Waals surface area contributed by atoms with Gasteiger partial charge >= 0.3 is 0 Å². The minimum Gasteiger partial charge on any atom is -0.390 e. The molecule has 13 heavy (non-hydrogen) atoms. The molecule has 0 radical (unpaired) electrons. The van der Waals surface area contributed by atoms with Gasteiger partial charge in [-0.1, -0.05) is 20.8 Å². The van der Waals surface area contributed by atoms with E-state index in [1.54, 1.807) is 6.20 Å². The molecular formula is C9H16N2OS. The van der Waals surface area contributed by atoms with Gasteiger partial charge in [0.15, 0.2) is 0 Å². The molecule has 0 amide bonds. The van der Waals surface area contributed by atoms with Crippen molar-refractivity contribution in [3.05, 3.63) is 17.7 Å². The highest BCUT2D eigenvalue weighted by atomic mass is 32.2. The molecule has 4 heteroatoms. The van der Waals surface area contributed by atoms with Crippen LogP contribution in [0.3, 0.4) is 0 Å². The van der Waals surface area contributed by atoms with Crippen molar-refractivity contribution < 1.29 is 5.11 Å². The number of nitrogens with zero attached hydrogens (tertiary/aromatic N) is 1. The predicted octanol–water partition coefficient (Wildman–Crippen LogP) is 1.93. The molecule has 0 saturated carbocycles. The summed E-state index contributed by atoms with van der Waals surface area (Å²) in [5, 5.41) is 8.80. The molecule has 0 saturated heterocycles. The number of imidazole rings is 1. The van der Waals surface area contributed by atoms with Gasteiger partial charge in [0, 0.05) is 4.75 Å². The second kappa shape index (κ2) is 4.15. The maximum atomic E-state index is 8.80. The lowest BCUT2D eigenvalue weighted by Gasteiger charge is -2.16. The zero-order valence-electron chi connectivity index (χ0n) is 8.29. The number of aliphatic hydroxyl groups excluding tert-OH is 1. The summed E-state index contributed by atoms with van der Waals surface area (Å²) in [5.41, 5.74) is 0.782.